The lowest BCUT2D eigenvalue weighted by Gasteiger charge is -2.08. The Hall–Kier alpha value is -1.78. The summed E-state index contributed by atoms with van der Waals surface area (Å²) in [6.45, 7) is 2.78. The zero-order valence-corrected chi connectivity index (χ0v) is 8.66. The third-order valence-corrected chi connectivity index (χ3v) is 1.96. The Morgan fingerprint density at radius 2 is 2.40 bits per heavy atom. The first-order valence-corrected chi connectivity index (χ1v) is 4.87. The maximum atomic E-state index is 10.9. The Morgan fingerprint density at radius 1 is 1.67 bits per heavy atom. The minimum Gasteiger partial charge on any atom is -0.478 e. The molecule has 0 atom stereocenters. The lowest BCUT2D eigenvalue weighted by atomic mass is 10.2. The van der Waals surface area contributed by atoms with E-state index in [1.165, 1.54) is 12.3 Å². The van der Waals surface area contributed by atoms with Crippen LogP contribution < -0.4 is 11.1 Å². The Morgan fingerprint density at radius 3 is 3.00 bits per heavy atom. The molecule has 0 aromatic carbocycles. The van der Waals surface area contributed by atoms with Gasteiger partial charge in [0.25, 0.3) is 0 Å². The average molecular weight is 209 g/mol. The van der Waals surface area contributed by atoms with Gasteiger partial charge in [-0.25, -0.2) is 9.78 Å². The number of aromatic carboxylic acids is 1. The van der Waals surface area contributed by atoms with Crippen molar-refractivity contribution < 1.29 is 9.90 Å². The highest BCUT2D eigenvalue weighted by Crippen LogP contribution is 2.15. The summed E-state index contributed by atoms with van der Waals surface area (Å²) in [6.07, 6.45) is 3.47. The number of nitrogens with two attached hydrogens (primary N) is 1. The van der Waals surface area contributed by atoms with Crippen molar-refractivity contribution in [2.45, 2.75) is 19.8 Å². The fraction of sp³-hybridized carbons (Fsp3) is 0.400. The van der Waals surface area contributed by atoms with Crippen LogP contribution in [0.3, 0.4) is 0 Å². The van der Waals surface area contributed by atoms with Crippen LogP contribution in [0.25, 0.3) is 0 Å². The van der Waals surface area contributed by atoms with Crippen molar-refractivity contribution in [2.75, 3.05) is 17.6 Å². The molecule has 0 spiro atoms. The predicted molar refractivity (Wildman–Crippen MR) is 59.0 cm³/mol. The molecule has 0 amide bonds. The van der Waals surface area contributed by atoms with Crippen molar-refractivity contribution in [3.05, 3.63) is 17.8 Å². The minimum atomic E-state index is -1.02. The topological polar surface area (TPSA) is 88.2 Å². The maximum Gasteiger partial charge on any atom is 0.339 e. The van der Waals surface area contributed by atoms with Gasteiger partial charge in [-0.3, -0.25) is 0 Å². The second-order valence-electron chi connectivity index (χ2n) is 3.25. The van der Waals surface area contributed by atoms with Gasteiger partial charge in [-0.15, -0.1) is 0 Å². The van der Waals surface area contributed by atoms with Crippen molar-refractivity contribution in [3.8, 4) is 0 Å². The van der Waals surface area contributed by atoms with Crippen LogP contribution in [0.1, 0.15) is 30.1 Å². The number of hydrogen-bond donors (Lipinski definition) is 3. The molecule has 15 heavy (non-hydrogen) atoms. The predicted octanol–water partition coefficient (Wildman–Crippen LogP) is 1.57. The molecule has 0 aliphatic carbocycles. The van der Waals surface area contributed by atoms with Crippen molar-refractivity contribution >= 4 is 17.5 Å². The number of nitrogen functional groups attached to an aromatic ring is 1. The van der Waals surface area contributed by atoms with Crippen molar-refractivity contribution in [1.29, 1.82) is 0 Å². The highest BCUT2D eigenvalue weighted by atomic mass is 16.4. The fourth-order valence-corrected chi connectivity index (χ4v) is 1.17. The zero-order valence-electron chi connectivity index (χ0n) is 8.66. The number of hydrogen-bond acceptors (Lipinski definition) is 4. The number of pyridine rings is 1. The van der Waals surface area contributed by atoms with Crippen LogP contribution in [0.15, 0.2) is 12.3 Å². The molecule has 0 unspecified atom stereocenters. The second-order valence-corrected chi connectivity index (χ2v) is 3.25. The van der Waals surface area contributed by atoms with E-state index < -0.39 is 5.97 Å². The van der Waals surface area contributed by atoms with E-state index in [9.17, 15) is 4.79 Å². The molecule has 82 valence electrons. The van der Waals surface area contributed by atoms with E-state index in [1.54, 1.807) is 0 Å². The van der Waals surface area contributed by atoms with Crippen LogP contribution in [0.2, 0.25) is 0 Å². The number of unbranched alkanes of at least 4 members (excludes halogenated alkanes) is 1. The van der Waals surface area contributed by atoms with Crippen LogP contribution in [-0.4, -0.2) is 22.6 Å². The van der Waals surface area contributed by atoms with Gasteiger partial charge < -0.3 is 16.2 Å². The van der Waals surface area contributed by atoms with Crippen LogP contribution in [0, 0.1) is 0 Å². The fourth-order valence-electron chi connectivity index (χ4n) is 1.17. The largest absolute Gasteiger partial charge is 0.478 e. The minimum absolute atomic E-state index is 0.117. The highest BCUT2D eigenvalue weighted by Gasteiger charge is 2.11. The number of aromatic nitrogens is 1. The summed E-state index contributed by atoms with van der Waals surface area (Å²) >= 11 is 0. The molecule has 0 radical (unpaired) electrons. The van der Waals surface area contributed by atoms with E-state index in [-0.39, 0.29) is 5.56 Å². The Kier molecular flexibility index (Phi) is 3.91. The first-order valence-electron chi connectivity index (χ1n) is 4.87. The molecule has 0 saturated heterocycles. The van der Waals surface area contributed by atoms with Crippen LogP contribution >= 0.6 is 0 Å². The number of nitrogens with zero attached hydrogens (tertiary/aromatic N) is 1. The van der Waals surface area contributed by atoms with E-state index in [1.807, 2.05) is 0 Å². The van der Waals surface area contributed by atoms with Gasteiger partial charge in [0.1, 0.15) is 11.4 Å². The molecule has 5 heteroatoms. The van der Waals surface area contributed by atoms with E-state index in [2.05, 4.69) is 17.2 Å². The van der Waals surface area contributed by atoms with Gasteiger partial charge in [-0.05, 0) is 12.5 Å². The summed E-state index contributed by atoms with van der Waals surface area (Å²) in [7, 11) is 0. The Labute approximate surface area is 88.3 Å². The Bertz CT molecular complexity index is 353. The number of rotatable bonds is 5. The SMILES string of the molecule is CCCCNc1ncc(N)cc1C(=O)O. The lowest BCUT2D eigenvalue weighted by molar-refractivity contribution is 0.0697. The molecule has 0 aliphatic rings. The summed E-state index contributed by atoms with van der Waals surface area (Å²) in [5, 5.41) is 11.9. The van der Waals surface area contributed by atoms with Crippen molar-refractivity contribution in [3.63, 3.8) is 0 Å². The zero-order chi connectivity index (χ0) is 11.3. The van der Waals surface area contributed by atoms with Gasteiger partial charge in [0.15, 0.2) is 0 Å². The van der Waals surface area contributed by atoms with Gasteiger partial charge >= 0.3 is 5.97 Å². The normalized spacial score (nSPS) is 9.93. The van der Waals surface area contributed by atoms with Gasteiger partial charge in [0, 0.05) is 6.54 Å². The summed E-state index contributed by atoms with van der Waals surface area (Å²) in [6, 6.07) is 1.41. The number of nitrogens with one attached hydrogen (secondary N) is 1. The van der Waals surface area contributed by atoms with E-state index >= 15 is 0 Å². The monoisotopic (exact) mass is 209 g/mol. The standard InChI is InChI=1S/C10H15N3O2/c1-2-3-4-12-9-8(10(14)15)5-7(11)6-13-9/h5-6H,2-4,11H2,1H3,(H,12,13)(H,14,15). The highest BCUT2D eigenvalue weighted by molar-refractivity contribution is 5.94. The van der Waals surface area contributed by atoms with Gasteiger partial charge in [0.2, 0.25) is 0 Å². The third-order valence-electron chi connectivity index (χ3n) is 1.96. The lowest BCUT2D eigenvalue weighted by Crippen LogP contribution is -2.10. The summed E-state index contributed by atoms with van der Waals surface area (Å²) < 4.78 is 0. The van der Waals surface area contributed by atoms with E-state index in [0.29, 0.717) is 18.1 Å². The number of carboxylic acid groups (broad SMARTS) is 1. The molecular weight excluding hydrogens is 194 g/mol. The van der Waals surface area contributed by atoms with Crippen molar-refractivity contribution in [1.82, 2.24) is 4.98 Å². The molecule has 0 bridgehead atoms. The van der Waals surface area contributed by atoms with Gasteiger partial charge in [-0.1, -0.05) is 13.3 Å². The molecule has 1 aromatic rings. The van der Waals surface area contributed by atoms with Gasteiger partial charge in [-0.2, -0.15) is 0 Å². The quantitative estimate of drug-likeness (QED) is 0.640. The first kappa shape index (κ1) is 11.3. The molecule has 5 nitrogen and oxygen atoms in total. The molecule has 0 aliphatic heterocycles. The molecule has 0 fully saturated rings. The maximum absolute atomic E-state index is 10.9. The van der Waals surface area contributed by atoms with Gasteiger partial charge in [0.05, 0.1) is 11.9 Å². The number of anilines is 2. The second kappa shape index (κ2) is 5.19. The third kappa shape index (κ3) is 3.12. The molecule has 1 aromatic heterocycles. The molecule has 0 saturated carbocycles. The molecular formula is C10H15N3O2. The molecule has 1 heterocycles. The smallest absolute Gasteiger partial charge is 0.339 e. The number of carbonyl (C=O) groups is 1. The molecule has 1 rings (SSSR count). The summed E-state index contributed by atoms with van der Waals surface area (Å²) in [5.74, 6) is -0.640. The average Bonchev–Trinajstić information content (AvgIpc) is 2.20. The summed E-state index contributed by atoms with van der Waals surface area (Å²) in [5.41, 5.74) is 5.94. The van der Waals surface area contributed by atoms with Crippen LogP contribution in [0.4, 0.5) is 11.5 Å². The van der Waals surface area contributed by atoms with Crippen LogP contribution in [-0.2, 0) is 0 Å². The van der Waals surface area contributed by atoms with E-state index in [0.717, 1.165) is 12.8 Å². The first-order chi connectivity index (χ1) is 7.15. The number of carboxylic acids is 1. The van der Waals surface area contributed by atoms with Crippen LogP contribution in [0.5, 0.6) is 0 Å². The van der Waals surface area contributed by atoms with E-state index in [4.69, 9.17) is 10.8 Å². The molecule has 4 N–H and O–H groups in total. The Balaban J connectivity index is 2.81. The van der Waals surface area contributed by atoms with Crippen molar-refractivity contribution in [2.24, 2.45) is 0 Å². The summed E-state index contributed by atoms with van der Waals surface area (Å²) in [4.78, 5) is 14.8.